The minimum Gasteiger partial charge on any atom is -0.355 e. The molecule has 0 bridgehead atoms. The lowest BCUT2D eigenvalue weighted by Gasteiger charge is -2.14. The quantitative estimate of drug-likeness (QED) is 0.872. The third-order valence-electron chi connectivity index (χ3n) is 3.99. The highest BCUT2D eigenvalue weighted by Gasteiger charge is 2.18. The molecule has 0 radical (unpaired) electrons. The molecular weight excluding hydrogens is 264 g/mol. The van der Waals surface area contributed by atoms with E-state index in [0.29, 0.717) is 11.5 Å². The van der Waals surface area contributed by atoms with Gasteiger partial charge in [0, 0.05) is 17.7 Å². The van der Waals surface area contributed by atoms with Crippen molar-refractivity contribution in [2.45, 2.75) is 44.6 Å². The predicted octanol–water partition coefficient (Wildman–Crippen LogP) is 3.79. The van der Waals surface area contributed by atoms with Crippen molar-refractivity contribution in [3.05, 3.63) is 42.1 Å². The fourth-order valence-electron chi connectivity index (χ4n) is 2.80. The molecule has 1 aromatic heterocycles. The largest absolute Gasteiger partial charge is 0.355 e. The third-order valence-corrected chi connectivity index (χ3v) is 3.99. The van der Waals surface area contributed by atoms with Gasteiger partial charge in [0.1, 0.15) is 0 Å². The predicted molar refractivity (Wildman–Crippen MR) is 80.9 cm³/mol. The number of amides is 1. The molecule has 0 atom stereocenters. The number of carbonyl (C=O) groups excluding carboxylic acids is 1. The molecule has 1 fully saturated rings. The van der Waals surface area contributed by atoms with E-state index in [2.05, 4.69) is 10.5 Å². The van der Waals surface area contributed by atoms with Crippen LogP contribution in [-0.4, -0.2) is 17.1 Å². The Morgan fingerprint density at radius 2 is 1.81 bits per heavy atom. The van der Waals surface area contributed by atoms with E-state index < -0.39 is 0 Å². The van der Waals surface area contributed by atoms with E-state index in [0.717, 1.165) is 18.4 Å². The molecule has 4 heteroatoms. The first kappa shape index (κ1) is 13.9. The number of nitrogens with one attached hydrogen (secondary N) is 1. The summed E-state index contributed by atoms with van der Waals surface area (Å²) in [4.78, 5) is 12.2. The molecule has 1 heterocycles. The van der Waals surface area contributed by atoms with Gasteiger partial charge in [-0.1, -0.05) is 61.2 Å². The summed E-state index contributed by atoms with van der Waals surface area (Å²) in [6.45, 7) is 0. The second-order valence-electron chi connectivity index (χ2n) is 5.60. The molecule has 0 spiro atoms. The summed E-state index contributed by atoms with van der Waals surface area (Å²) in [5.74, 6) is 0.495. The maximum absolute atomic E-state index is 12.2. The van der Waals surface area contributed by atoms with Crippen LogP contribution in [0.2, 0.25) is 0 Å². The highest BCUT2D eigenvalue weighted by molar-refractivity contribution is 5.93. The number of aromatic nitrogens is 1. The SMILES string of the molecule is O=C(NC1CCCCCC1)c1cc(-c2ccccc2)on1. The lowest BCUT2D eigenvalue weighted by molar-refractivity contribution is 0.0924. The van der Waals surface area contributed by atoms with E-state index in [1.165, 1.54) is 25.7 Å². The topological polar surface area (TPSA) is 55.1 Å². The molecule has 21 heavy (non-hydrogen) atoms. The van der Waals surface area contributed by atoms with Gasteiger partial charge in [-0.05, 0) is 12.8 Å². The van der Waals surface area contributed by atoms with Crippen molar-refractivity contribution in [3.8, 4) is 11.3 Å². The van der Waals surface area contributed by atoms with Crippen LogP contribution in [0.4, 0.5) is 0 Å². The van der Waals surface area contributed by atoms with Gasteiger partial charge >= 0.3 is 0 Å². The zero-order valence-corrected chi connectivity index (χ0v) is 12.0. The lowest BCUT2D eigenvalue weighted by Crippen LogP contribution is -2.34. The maximum atomic E-state index is 12.2. The third kappa shape index (κ3) is 3.51. The Balaban J connectivity index is 1.66. The number of hydrogen-bond acceptors (Lipinski definition) is 3. The molecule has 1 aliphatic rings. The van der Waals surface area contributed by atoms with E-state index in [4.69, 9.17) is 4.52 Å². The average Bonchev–Trinajstić information content (AvgIpc) is 2.88. The Morgan fingerprint density at radius 3 is 2.52 bits per heavy atom. The molecule has 0 aliphatic heterocycles. The molecule has 1 saturated carbocycles. The minimum atomic E-state index is -0.132. The summed E-state index contributed by atoms with van der Waals surface area (Å²) in [5.41, 5.74) is 1.29. The number of nitrogens with zero attached hydrogens (tertiary/aromatic N) is 1. The standard InChI is InChI=1S/C17H20N2O2/c20-17(18-14-10-6-1-2-7-11-14)15-12-16(21-19-15)13-8-4-3-5-9-13/h3-5,8-9,12,14H,1-2,6-7,10-11H2,(H,18,20). The Bertz CT molecular complexity index is 584. The van der Waals surface area contributed by atoms with Crippen molar-refractivity contribution in [1.82, 2.24) is 10.5 Å². The second kappa shape index (κ2) is 6.57. The fourth-order valence-corrected chi connectivity index (χ4v) is 2.80. The first-order valence-corrected chi connectivity index (χ1v) is 7.66. The van der Waals surface area contributed by atoms with Crippen LogP contribution in [0.1, 0.15) is 49.0 Å². The van der Waals surface area contributed by atoms with Crippen molar-refractivity contribution in [1.29, 1.82) is 0 Å². The molecule has 1 N–H and O–H groups in total. The normalized spacial score (nSPS) is 16.4. The van der Waals surface area contributed by atoms with E-state index >= 15 is 0 Å². The van der Waals surface area contributed by atoms with Crippen LogP contribution in [0, 0.1) is 0 Å². The molecule has 110 valence electrons. The van der Waals surface area contributed by atoms with Crippen LogP contribution in [0.25, 0.3) is 11.3 Å². The summed E-state index contributed by atoms with van der Waals surface area (Å²) in [6, 6.07) is 11.7. The Kier molecular flexibility index (Phi) is 4.34. The van der Waals surface area contributed by atoms with Crippen LogP contribution in [0.3, 0.4) is 0 Å². The van der Waals surface area contributed by atoms with Crippen molar-refractivity contribution in [2.75, 3.05) is 0 Å². The number of benzene rings is 1. The van der Waals surface area contributed by atoms with Crippen LogP contribution >= 0.6 is 0 Å². The summed E-state index contributed by atoms with van der Waals surface area (Å²) in [5, 5.41) is 6.97. The summed E-state index contributed by atoms with van der Waals surface area (Å²) < 4.78 is 5.27. The van der Waals surface area contributed by atoms with Gasteiger partial charge in [0.2, 0.25) is 0 Å². The first-order valence-electron chi connectivity index (χ1n) is 7.66. The van der Waals surface area contributed by atoms with Gasteiger partial charge in [-0.25, -0.2) is 0 Å². The zero-order valence-electron chi connectivity index (χ0n) is 12.0. The van der Waals surface area contributed by atoms with E-state index in [9.17, 15) is 4.79 Å². The van der Waals surface area contributed by atoms with Gasteiger partial charge in [-0.2, -0.15) is 0 Å². The van der Waals surface area contributed by atoms with E-state index in [-0.39, 0.29) is 11.9 Å². The summed E-state index contributed by atoms with van der Waals surface area (Å²) >= 11 is 0. The molecule has 4 nitrogen and oxygen atoms in total. The fraction of sp³-hybridized carbons (Fsp3) is 0.412. The van der Waals surface area contributed by atoms with Gasteiger partial charge in [0.25, 0.3) is 5.91 Å². The molecule has 1 amide bonds. The highest BCUT2D eigenvalue weighted by atomic mass is 16.5. The molecule has 1 aromatic carbocycles. The van der Waals surface area contributed by atoms with Gasteiger partial charge in [-0.3, -0.25) is 4.79 Å². The van der Waals surface area contributed by atoms with E-state index in [1.54, 1.807) is 6.07 Å². The van der Waals surface area contributed by atoms with Gasteiger partial charge in [-0.15, -0.1) is 0 Å². The molecular formula is C17H20N2O2. The Labute approximate surface area is 124 Å². The minimum absolute atomic E-state index is 0.132. The number of hydrogen-bond donors (Lipinski definition) is 1. The summed E-state index contributed by atoms with van der Waals surface area (Å²) in [7, 11) is 0. The number of rotatable bonds is 3. The summed E-state index contributed by atoms with van der Waals surface area (Å²) in [6.07, 6.45) is 7.06. The van der Waals surface area contributed by atoms with Crippen molar-refractivity contribution >= 4 is 5.91 Å². The molecule has 0 unspecified atom stereocenters. The average molecular weight is 284 g/mol. The monoisotopic (exact) mass is 284 g/mol. The Morgan fingerprint density at radius 1 is 1.10 bits per heavy atom. The van der Waals surface area contributed by atoms with Gasteiger partial charge in [0.05, 0.1) is 0 Å². The zero-order chi connectivity index (χ0) is 14.5. The maximum Gasteiger partial charge on any atom is 0.273 e. The van der Waals surface area contributed by atoms with Crippen LogP contribution in [-0.2, 0) is 0 Å². The number of carbonyl (C=O) groups is 1. The Hall–Kier alpha value is -2.10. The molecule has 1 aliphatic carbocycles. The lowest BCUT2D eigenvalue weighted by atomic mass is 10.1. The van der Waals surface area contributed by atoms with Crippen LogP contribution in [0.5, 0.6) is 0 Å². The highest BCUT2D eigenvalue weighted by Crippen LogP contribution is 2.21. The molecule has 2 aromatic rings. The first-order chi connectivity index (χ1) is 10.3. The van der Waals surface area contributed by atoms with Crippen molar-refractivity contribution in [2.24, 2.45) is 0 Å². The van der Waals surface area contributed by atoms with Gasteiger partial charge in [0.15, 0.2) is 11.5 Å². The van der Waals surface area contributed by atoms with E-state index in [1.807, 2.05) is 30.3 Å². The second-order valence-corrected chi connectivity index (χ2v) is 5.60. The van der Waals surface area contributed by atoms with Crippen molar-refractivity contribution < 1.29 is 9.32 Å². The van der Waals surface area contributed by atoms with Crippen LogP contribution < -0.4 is 5.32 Å². The van der Waals surface area contributed by atoms with Crippen molar-refractivity contribution in [3.63, 3.8) is 0 Å². The van der Waals surface area contributed by atoms with Crippen LogP contribution in [0.15, 0.2) is 40.9 Å². The molecule has 0 saturated heterocycles. The molecule has 3 rings (SSSR count). The van der Waals surface area contributed by atoms with Gasteiger partial charge < -0.3 is 9.84 Å². The smallest absolute Gasteiger partial charge is 0.273 e.